The van der Waals surface area contributed by atoms with Crippen LogP contribution < -0.4 is 37.6 Å². The first-order valence-electron chi connectivity index (χ1n) is 18.9. The molecule has 9 N–H and O–H groups in total. The first-order valence-corrected chi connectivity index (χ1v) is 19.5. The molecule has 0 radical (unpaired) electrons. The molecule has 3 amide bonds. The molecule has 0 bridgehead atoms. The van der Waals surface area contributed by atoms with Crippen LogP contribution in [-0.2, 0) is 23.1 Å². The first-order chi connectivity index (χ1) is 32.0. The van der Waals surface area contributed by atoms with E-state index in [4.69, 9.17) is 29.0 Å². The summed E-state index contributed by atoms with van der Waals surface area (Å²) < 4.78 is 74.7. The average molecular weight is 953 g/mol. The summed E-state index contributed by atoms with van der Waals surface area (Å²) in [7, 11) is 2.03. The number of hydrogen-bond acceptors (Lipinski definition) is 16. The van der Waals surface area contributed by atoms with Gasteiger partial charge in [-0.25, -0.2) is 33.5 Å². The number of halogens is 3. The van der Waals surface area contributed by atoms with Crippen LogP contribution >= 0.6 is 0 Å². The van der Waals surface area contributed by atoms with E-state index in [9.17, 15) is 32.3 Å². The summed E-state index contributed by atoms with van der Waals surface area (Å²) in [4.78, 5) is 63.2. The van der Waals surface area contributed by atoms with E-state index in [1.165, 1.54) is 62.9 Å². The molecule has 0 saturated heterocycles. The van der Waals surface area contributed by atoms with Gasteiger partial charge in [-0.05, 0) is 85.6 Å². The zero-order chi connectivity index (χ0) is 50.1. The van der Waals surface area contributed by atoms with Crippen molar-refractivity contribution in [3.63, 3.8) is 0 Å². The molecule has 0 aliphatic rings. The smallest absolute Gasteiger partial charge is 0.335 e. The van der Waals surface area contributed by atoms with Crippen molar-refractivity contribution in [2.45, 2.75) is 13.8 Å². The Morgan fingerprint density at radius 3 is 1.26 bits per heavy atom. The quantitative estimate of drug-likeness (QED) is 0.0742. The van der Waals surface area contributed by atoms with E-state index in [2.05, 4.69) is 51.8 Å². The SMILES string of the molecule is CNC(=O)c1cnc(Nc2ccc(F)cn2)cc1Nc1ccc(C(=O)O)cc1C.CNC(=O)c1cnc(Nc2ccc(F)cn2)cc1Nc1ccc(C(N)=O)cc1C.O=S=O.O=S=O.[2H]CF. The molecule has 4 aromatic heterocycles. The minimum atomic E-state index is -1.02. The second-order valence-electron chi connectivity index (χ2n) is 12.5. The number of nitrogens with two attached hydrogens (primary N) is 1. The number of rotatable bonds is 12. The van der Waals surface area contributed by atoms with Gasteiger partial charge >= 0.3 is 29.1 Å². The maximum atomic E-state index is 13.0. The standard InChI is InChI=1S/C20H19FN6O2.C20H18FN5O3.CH3F.2O2S/c1-11-7-12(19(22)28)3-5-15(11)26-16-8-18(25-10-14(16)20(29)23-2)27-17-6-4-13(21)9-24-17;1-11-7-12(20(28)29)3-5-15(11)25-16-8-18(24-10-14(16)19(27)22-2)26-17-6-4-13(21)9-23-17;1-2;2*1-3-2/h3-10H,1-2H3,(H2,22,28)(H,23,29)(H2,24,25,26,27);3-10H,1-2H3,(H,22,27)(H,28,29)(H2,23,24,25,26);1H3;;/i;;1D;;. The molecule has 6 rings (SSSR count). The Morgan fingerprint density at radius 2 is 0.939 bits per heavy atom. The fourth-order valence-corrected chi connectivity index (χ4v) is 5.23. The lowest BCUT2D eigenvalue weighted by Gasteiger charge is -2.15. The number of alkyl halides is 1. The molecule has 0 atom stereocenters. The van der Waals surface area contributed by atoms with E-state index in [1.807, 2.05) is 6.92 Å². The van der Waals surface area contributed by atoms with Gasteiger partial charge in [0.2, 0.25) is 5.91 Å². The van der Waals surface area contributed by atoms with Gasteiger partial charge in [0.25, 0.3) is 11.8 Å². The lowest BCUT2D eigenvalue weighted by molar-refractivity contribution is 0.0696. The van der Waals surface area contributed by atoms with Crippen molar-refractivity contribution in [3.8, 4) is 0 Å². The topological polar surface area (TPSA) is 307 Å². The minimum absolute atomic E-state index is 0.166. The summed E-state index contributed by atoms with van der Waals surface area (Å²) in [5.41, 5.74) is 10.2. The number of carbonyl (C=O) groups is 4. The number of amides is 3. The lowest BCUT2D eigenvalue weighted by Crippen LogP contribution is -2.19. The summed E-state index contributed by atoms with van der Waals surface area (Å²) in [5.74, 6) is -1.52. The number of nitrogens with zero attached hydrogens (tertiary/aromatic N) is 4. The molecule has 20 nitrogen and oxygen atoms in total. The maximum Gasteiger partial charge on any atom is 0.335 e. The van der Waals surface area contributed by atoms with Crippen LogP contribution in [-0.4, -0.2) is 86.8 Å². The summed E-state index contributed by atoms with van der Waals surface area (Å²) >= 11 is -1.50. The van der Waals surface area contributed by atoms with Crippen molar-refractivity contribution in [1.29, 1.82) is 0 Å². The van der Waals surface area contributed by atoms with Gasteiger partial charge in [-0.3, -0.25) is 18.8 Å². The molecule has 0 aliphatic heterocycles. The molecule has 4 heterocycles. The average Bonchev–Trinajstić information content (AvgIpc) is 3.30. The molecule has 6 aromatic rings. The lowest BCUT2D eigenvalue weighted by atomic mass is 10.1. The van der Waals surface area contributed by atoms with E-state index in [-0.39, 0.29) is 17.4 Å². The number of hydrogen-bond donors (Lipinski definition) is 8. The maximum absolute atomic E-state index is 13.0. The summed E-state index contributed by atoms with van der Waals surface area (Å²) in [6.07, 6.45) is 4.98. The van der Waals surface area contributed by atoms with Crippen LogP contribution in [0.4, 0.5) is 59.2 Å². The van der Waals surface area contributed by atoms with E-state index < -0.39 is 53.8 Å². The number of aromatic carboxylic acids is 1. The van der Waals surface area contributed by atoms with Gasteiger partial charge in [0.15, 0.2) is 0 Å². The molecule has 0 unspecified atom stereocenters. The molecule has 346 valence electrons. The first kappa shape index (κ1) is 51.9. The number of nitrogens with one attached hydrogen (secondary N) is 6. The Balaban J connectivity index is 0.000000391. The van der Waals surface area contributed by atoms with Gasteiger partial charge in [-0.15, -0.1) is 0 Å². The van der Waals surface area contributed by atoms with Crippen LogP contribution in [0, 0.1) is 25.5 Å². The number of anilines is 8. The third-order valence-electron chi connectivity index (χ3n) is 8.24. The van der Waals surface area contributed by atoms with Gasteiger partial charge in [0, 0.05) is 55.6 Å². The Hall–Kier alpha value is -8.45. The monoisotopic (exact) mass is 952 g/mol. The molecule has 0 saturated carbocycles. The van der Waals surface area contributed by atoms with Crippen LogP contribution in [0.15, 0.2) is 97.6 Å². The van der Waals surface area contributed by atoms with Crippen molar-refractivity contribution in [3.05, 3.63) is 143 Å². The van der Waals surface area contributed by atoms with Gasteiger partial charge in [0.05, 0.1) is 49.0 Å². The number of pyridine rings is 4. The van der Waals surface area contributed by atoms with Crippen molar-refractivity contribution in [2.75, 3.05) is 42.5 Å². The Bertz CT molecular complexity index is 2550. The Labute approximate surface area is 382 Å². The summed E-state index contributed by atoms with van der Waals surface area (Å²) in [6.45, 7) is 3.58. The van der Waals surface area contributed by atoms with Crippen LogP contribution in [0.25, 0.3) is 0 Å². The van der Waals surface area contributed by atoms with Crippen molar-refractivity contribution >= 4 is 92.9 Å². The second-order valence-corrected chi connectivity index (χ2v) is 12.7. The molecular weight excluding hydrogens is 912 g/mol. The highest BCUT2D eigenvalue weighted by molar-refractivity contribution is 7.51. The van der Waals surface area contributed by atoms with E-state index in [0.29, 0.717) is 68.3 Å². The van der Waals surface area contributed by atoms with Crippen molar-refractivity contribution in [2.24, 2.45) is 5.73 Å². The van der Waals surface area contributed by atoms with E-state index in [0.717, 1.165) is 18.0 Å². The molecule has 66 heavy (non-hydrogen) atoms. The Morgan fingerprint density at radius 1 is 0.576 bits per heavy atom. The van der Waals surface area contributed by atoms with E-state index >= 15 is 0 Å². The number of aromatic nitrogens is 4. The van der Waals surface area contributed by atoms with Gasteiger partial charge in [-0.2, -0.15) is 16.8 Å². The third kappa shape index (κ3) is 16.7. The van der Waals surface area contributed by atoms with Crippen molar-refractivity contribution < 1.29 is 55.7 Å². The van der Waals surface area contributed by atoms with Gasteiger partial charge < -0.3 is 42.7 Å². The van der Waals surface area contributed by atoms with Gasteiger partial charge in [0.1, 0.15) is 34.9 Å². The zero-order valence-electron chi connectivity index (χ0n) is 36.0. The predicted molar refractivity (Wildman–Crippen MR) is 239 cm³/mol. The number of carbonyl (C=O) groups excluding carboxylic acids is 3. The van der Waals surface area contributed by atoms with Crippen LogP contribution in [0.3, 0.4) is 0 Å². The number of carboxylic acids is 1. The molecule has 25 heteroatoms. The number of aryl methyl sites for hydroxylation is 2. The third-order valence-corrected chi connectivity index (χ3v) is 8.24. The van der Waals surface area contributed by atoms with Crippen LogP contribution in [0.5, 0.6) is 0 Å². The number of benzene rings is 2. The molecule has 0 aliphatic carbocycles. The normalized spacial score (nSPS) is 9.71. The Kier molecular flexibility index (Phi) is 21.7. The van der Waals surface area contributed by atoms with Crippen molar-refractivity contribution in [1.82, 2.24) is 30.6 Å². The van der Waals surface area contributed by atoms with E-state index in [1.54, 1.807) is 43.3 Å². The highest BCUT2D eigenvalue weighted by atomic mass is 32.1. The highest BCUT2D eigenvalue weighted by Crippen LogP contribution is 2.29. The number of carboxylic acid groups (broad SMARTS) is 1. The largest absolute Gasteiger partial charge is 0.478 e. The predicted octanol–water partition coefficient (Wildman–Crippen LogP) is 5.58. The zero-order valence-corrected chi connectivity index (χ0v) is 36.6. The summed E-state index contributed by atoms with van der Waals surface area (Å²) in [5, 5.41) is 26.5. The second kappa shape index (κ2) is 27.6. The van der Waals surface area contributed by atoms with Crippen LogP contribution in [0.1, 0.15) is 53.9 Å². The fourth-order valence-electron chi connectivity index (χ4n) is 5.23. The molecular formula is C41H40F3N11O9S2. The summed E-state index contributed by atoms with van der Waals surface area (Å²) in [6, 6.07) is 18.3. The van der Waals surface area contributed by atoms with Crippen LogP contribution in [0.2, 0.25) is 0 Å². The molecule has 0 fully saturated rings. The number of primary amides is 1. The fraction of sp³-hybridized carbons (Fsp3) is 0.122. The van der Waals surface area contributed by atoms with Gasteiger partial charge in [-0.1, -0.05) is 0 Å². The minimum Gasteiger partial charge on any atom is -0.478 e. The highest BCUT2D eigenvalue weighted by Gasteiger charge is 2.16. The molecule has 2 aromatic carbocycles. The molecule has 0 spiro atoms.